The molecule has 0 aromatic carbocycles. The Kier molecular flexibility index (Phi) is 3.38. The Bertz CT molecular complexity index is 396. The molecule has 1 aromatic rings. The molecule has 0 bridgehead atoms. The van der Waals surface area contributed by atoms with Crippen molar-refractivity contribution in [3.8, 4) is 0 Å². The minimum atomic E-state index is -0.621. The number of hydrogen-bond donors (Lipinski definition) is 1. The first-order chi connectivity index (χ1) is 7.29. The summed E-state index contributed by atoms with van der Waals surface area (Å²) < 4.78 is 5.25. The topological polar surface area (TPSA) is 66.6 Å². The van der Waals surface area contributed by atoms with Crippen molar-refractivity contribution in [2.24, 2.45) is 0 Å². The van der Waals surface area contributed by atoms with Crippen molar-refractivity contribution in [2.75, 3.05) is 13.7 Å². The summed E-state index contributed by atoms with van der Waals surface area (Å²) in [5.74, 6) is 0.440. The number of aliphatic hydroxyl groups excluding tert-OH is 1. The molecule has 0 aliphatic rings. The second-order valence-electron chi connectivity index (χ2n) is 4.48. The van der Waals surface area contributed by atoms with Gasteiger partial charge in [-0.2, -0.15) is 0 Å². The Labute approximate surface area is 95.1 Å². The van der Waals surface area contributed by atoms with Gasteiger partial charge in [-0.15, -0.1) is 0 Å². The lowest BCUT2D eigenvalue weighted by Gasteiger charge is -2.33. The van der Waals surface area contributed by atoms with E-state index in [2.05, 4.69) is 4.98 Å². The number of amides is 1. The maximum Gasteiger partial charge on any atom is 0.291 e. The number of aromatic nitrogens is 1. The molecule has 0 saturated heterocycles. The number of rotatable bonds is 3. The Morgan fingerprint density at radius 3 is 2.44 bits per heavy atom. The highest BCUT2D eigenvalue weighted by Crippen LogP contribution is 2.18. The summed E-state index contributed by atoms with van der Waals surface area (Å²) in [6.45, 7) is 6.87. The largest absolute Gasteiger partial charge is 0.436 e. The van der Waals surface area contributed by atoms with E-state index in [1.54, 1.807) is 34.7 Å². The first-order valence-electron chi connectivity index (χ1n) is 5.12. The molecule has 1 aromatic heterocycles. The minimum absolute atomic E-state index is 0.110. The summed E-state index contributed by atoms with van der Waals surface area (Å²) in [7, 11) is 1.63. The van der Waals surface area contributed by atoms with Crippen LogP contribution in [0.25, 0.3) is 0 Å². The van der Waals surface area contributed by atoms with E-state index in [1.165, 1.54) is 4.90 Å². The van der Waals surface area contributed by atoms with E-state index in [0.717, 1.165) is 0 Å². The number of nitrogens with zero attached hydrogens (tertiary/aromatic N) is 2. The molecule has 1 rings (SSSR count). The van der Waals surface area contributed by atoms with Crippen molar-refractivity contribution >= 4 is 5.91 Å². The third kappa shape index (κ3) is 2.24. The van der Waals surface area contributed by atoms with Crippen molar-refractivity contribution in [3.63, 3.8) is 0 Å². The lowest BCUT2D eigenvalue weighted by molar-refractivity contribution is 0.0442. The van der Waals surface area contributed by atoms with Crippen molar-refractivity contribution in [1.82, 2.24) is 9.88 Å². The highest BCUT2D eigenvalue weighted by atomic mass is 16.4. The highest BCUT2D eigenvalue weighted by Gasteiger charge is 2.30. The van der Waals surface area contributed by atoms with Crippen LogP contribution in [0.15, 0.2) is 4.42 Å². The van der Waals surface area contributed by atoms with Crippen LogP contribution < -0.4 is 0 Å². The lowest BCUT2D eigenvalue weighted by atomic mass is 10.0. The summed E-state index contributed by atoms with van der Waals surface area (Å²) >= 11 is 0. The second-order valence-corrected chi connectivity index (χ2v) is 4.48. The van der Waals surface area contributed by atoms with Gasteiger partial charge in [0.05, 0.1) is 17.8 Å². The molecular weight excluding hydrogens is 208 g/mol. The Hall–Kier alpha value is -1.36. The van der Waals surface area contributed by atoms with Gasteiger partial charge in [0, 0.05) is 14.0 Å². The Morgan fingerprint density at radius 2 is 2.06 bits per heavy atom. The molecule has 90 valence electrons. The second kappa shape index (κ2) is 4.25. The van der Waals surface area contributed by atoms with E-state index in [-0.39, 0.29) is 18.3 Å². The zero-order chi connectivity index (χ0) is 12.5. The van der Waals surface area contributed by atoms with Crippen molar-refractivity contribution in [2.45, 2.75) is 33.2 Å². The van der Waals surface area contributed by atoms with Crippen LogP contribution in [0.3, 0.4) is 0 Å². The first-order valence-corrected chi connectivity index (χ1v) is 5.12. The number of hydrogen-bond acceptors (Lipinski definition) is 4. The molecule has 16 heavy (non-hydrogen) atoms. The van der Waals surface area contributed by atoms with Crippen molar-refractivity contribution in [1.29, 1.82) is 0 Å². The van der Waals surface area contributed by atoms with Gasteiger partial charge in [0.25, 0.3) is 5.91 Å². The molecule has 0 aliphatic heterocycles. The fraction of sp³-hybridized carbons (Fsp3) is 0.636. The van der Waals surface area contributed by atoms with Crippen LogP contribution in [-0.2, 0) is 0 Å². The molecule has 0 fully saturated rings. The van der Waals surface area contributed by atoms with E-state index in [9.17, 15) is 9.90 Å². The maximum atomic E-state index is 12.1. The van der Waals surface area contributed by atoms with Crippen LogP contribution in [0.2, 0.25) is 0 Å². The number of carbonyl (C=O) groups excluding carboxylic acids is 1. The van der Waals surface area contributed by atoms with E-state index in [1.807, 2.05) is 0 Å². The third-order valence-corrected chi connectivity index (χ3v) is 2.70. The molecule has 0 spiro atoms. The summed E-state index contributed by atoms with van der Waals surface area (Å²) in [4.78, 5) is 17.6. The van der Waals surface area contributed by atoms with Gasteiger partial charge in [-0.05, 0) is 20.8 Å². The van der Waals surface area contributed by atoms with Gasteiger partial charge in [0.1, 0.15) is 0 Å². The highest BCUT2D eigenvalue weighted by molar-refractivity contribution is 5.92. The predicted molar refractivity (Wildman–Crippen MR) is 59.2 cm³/mol. The SMILES string of the molecule is Cc1nc(C)c(C(=O)N(C)C(C)(C)CO)o1. The lowest BCUT2D eigenvalue weighted by Crippen LogP contribution is -2.47. The predicted octanol–water partition coefficient (Wildman–Crippen LogP) is 1.13. The Morgan fingerprint density at radius 1 is 1.50 bits per heavy atom. The standard InChI is InChI=1S/C11H18N2O3/c1-7-9(16-8(2)12-7)10(15)13(5)11(3,4)6-14/h14H,6H2,1-5H3. The molecule has 1 N–H and O–H groups in total. The average molecular weight is 226 g/mol. The van der Waals surface area contributed by atoms with Crippen LogP contribution in [0.5, 0.6) is 0 Å². The molecule has 0 aliphatic carbocycles. The van der Waals surface area contributed by atoms with Crippen LogP contribution in [-0.4, -0.2) is 40.1 Å². The number of aliphatic hydroxyl groups is 1. The van der Waals surface area contributed by atoms with Gasteiger partial charge in [0.15, 0.2) is 5.89 Å². The Balaban J connectivity index is 2.99. The van der Waals surface area contributed by atoms with E-state index in [4.69, 9.17) is 4.42 Å². The number of aryl methyl sites for hydroxylation is 2. The molecule has 0 saturated carbocycles. The van der Waals surface area contributed by atoms with Crippen LogP contribution in [0, 0.1) is 13.8 Å². The van der Waals surface area contributed by atoms with Gasteiger partial charge in [-0.25, -0.2) is 4.98 Å². The van der Waals surface area contributed by atoms with Gasteiger partial charge in [0.2, 0.25) is 5.76 Å². The van der Waals surface area contributed by atoms with Crippen molar-refractivity contribution in [3.05, 3.63) is 17.3 Å². The van der Waals surface area contributed by atoms with Gasteiger partial charge < -0.3 is 14.4 Å². The number of likely N-dealkylation sites (N-methyl/N-ethyl adjacent to an activating group) is 1. The molecule has 1 amide bonds. The first kappa shape index (κ1) is 12.7. The number of carbonyl (C=O) groups is 1. The van der Waals surface area contributed by atoms with E-state index >= 15 is 0 Å². The molecule has 0 atom stereocenters. The molecular formula is C11H18N2O3. The van der Waals surface area contributed by atoms with Crippen LogP contribution >= 0.6 is 0 Å². The van der Waals surface area contributed by atoms with Gasteiger partial charge in [-0.3, -0.25) is 4.79 Å². The quantitative estimate of drug-likeness (QED) is 0.839. The fourth-order valence-electron chi connectivity index (χ4n) is 1.26. The van der Waals surface area contributed by atoms with E-state index in [0.29, 0.717) is 11.6 Å². The zero-order valence-electron chi connectivity index (χ0n) is 10.4. The molecule has 5 heteroatoms. The minimum Gasteiger partial charge on any atom is -0.436 e. The average Bonchev–Trinajstić information content (AvgIpc) is 2.55. The summed E-state index contributed by atoms with van der Waals surface area (Å²) in [6.07, 6.45) is 0. The smallest absolute Gasteiger partial charge is 0.291 e. The van der Waals surface area contributed by atoms with Crippen LogP contribution in [0.1, 0.15) is 36.0 Å². The summed E-state index contributed by atoms with van der Waals surface area (Å²) in [6, 6.07) is 0. The molecule has 5 nitrogen and oxygen atoms in total. The fourth-order valence-corrected chi connectivity index (χ4v) is 1.26. The maximum absolute atomic E-state index is 12.1. The molecule has 0 radical (unpaired) electrons. The van der Waals surface area contributed by atoms with Gasteiger partial charge in [-0.1, -0.05) is 0 Å². The summed E-state index contributed by atoms with van der Waals surface area (Å²) in [5, 5.41) is 9.19. The summed E-state index contributed by atoms with van der Waals surface area (Å²) in [5.41, 5.74) is -0.0485. The van der Waals surface area contributed by atoms with Crippen molar-refractivity contribution < 1.29 is 14.3 Å². The van der Waals surface area contributed by atoms with Gasteiger partial charge >= 0.3 is 0 Å². The molecule has 0 unspecified atom stereocenters. The number of oxazole rings is 1. The van der Waals surface area contributed by atoms with E-state index < -0.39 is 5.54 Å². The monoisotopic (exact) mass is 226 g/mol. The van der Waals surface area contributed by atoms with Crippen LogP contribution in [0.4, 0.5) is 0 Å². The third-order valence-electron chi connectivity index (χ3n) is 2.70. The molecule has 1 heterocycles. The zero-order valence-corrected chi connectivity index (χ0v) is 10.4. The normalized spacial score (nSPS) is 11.6.